The number of nitrogens with one attached hydrogen (secondary N) is 1. The van der Waals surface area contributed by atoms with Gasteiger partial charge in [0.15, 0.2) is 5.69 Å². The molecule has 0 bridgehead atoms. The molecule has 3 unspecified atom stereocenters. The van der Waals surface area contributed by atoms with E-state index in [0.717, 1.165) is 6.42 Å². The SMILES string of the molecule is COC(=N)c1ncn(C2OC(CO)CC2C)c1N. The molecule has 3 atom stereocenters. The Labute approximate surface area is 105 Å². The van der Waals surface area contributed by atoms with E-state index < -0.39 is 0 Å². The van der Waals surface area contributed by atoms with Gasteiger partial charge in [0.2, 0.25) is 5.90 Å². The van der Waals surface area contributed by atoms with Gasteiger partial charge >= 0.3 is 0 Å². The number of aromatic nitrogens is 2. The van der Waals surface area contributed by atoms with Gasteiger partial charge in [-0.3, -0.25) is 9.98 Å². The molecule has 1 aromatic heterocycles. The number of methoxy groups -OCH3 is 1. The fourth-order valence-corrected chi connectivity index (χ4v) is 2.22. The molecule has 2 heterocycles. The molecule has 0 aliphatic carbocycles. The minimum Gasteiger partial charge on any atom is -0.480 e. The Bertz CT molecular complexity index is 445. The minimum atomic E-state index is -0.256. The number of nitrogen functional groups attached to an aromatic ring is 1. The Morgan fingerprint density at radius 2 is 2.50 bits per heavy atom. The van der Waals surface area contributed by atoms with Crippen LogP contribution in [0.1, 0.15) is 25.3 Å². The molecule has 2 rings (SSSR count). The van der Waals surface area contributed by atoms with Crippen LogP contribution in [0.3, 0.4) is 0 Å². The van der Waals surface area contributed by atoms with Crippen molar-refractivity contribution in [3.05, 3.63) is 12.0 Å². The highest BCUT2D eigenvalue weighted by Crippen LogP contribution is 2.35. The monoisotopic (exact) mass is 254 g/mol. The van der Waals surface area contributed by atoms with Crippen LogP contribution in [0, 0.1) is 11.3 Å². The molecule has 4 N–H and O–H groups in total. The van der Waals surface area contributed by atoms with E-state index in [4.69, 9.17) is 25.7 Å². The third-order valence-corrected chi connectivity index (χ3v) is 3.18. The predicted octanol–water partition coefficient (Wildman–Crippen LogP) is 0.353. The second-order valence-electron chi connectivity index (χ2n) is 4.46. The molecule has 1 fully saturated rings. The van der Waals surface area contributed by atoms with Gasteiger partial charge in [-0.15, -0.1) is 0 Å². The van der Waals surface area contributed by atoms with E-state index in [1.165, 1.54) is 7.11 Å². The first-order valence-corrected chi connectivity index (χ1v) is 5.80. The van der Waals surface area contributed by atoms with Gasteiger partial charge in [-0.05, 0) is 6.42 Å². The number of aliphatic hydroxyl groups excluding tert-OH is 1. The van der Waals surface area contributed by atoms with E-state index in [9.17, 15) is 0 Å². The van der Waals surface area contributed by atoms with Crippen LogP contribution in [-0.2, 0) is 9.47 Å². The van der Waals surface area contributed by atoms with Crippen LogP contribution >= 0.6 is 0 Å². The standard InChI is InChI=1S/C11H18N4O3/c1-6-3-7(4-16)18-11(6)15-5-14-8(9(15)12)10(13)17-2/h5-7,11,13,16H,3-4,12H2,1-2H3. The summed E-state index contributed by atoms with van der Waals surface area (Å²) in [6.07, 6.45) is 1.89. The van der Waals surface area contributed by atoms with Crippen LogP contribution in [0.25, 0.3) is 0 Å². The fourth-order valence-electron chi connectivity index (χ4n) is 2.22. The van der Waals surface area contributed by atoms with Crippen molar-refractivity contribution in [1.82, 2.24) is 9.55 Å². The highest BCUT2D eigenvalue weighted by molar-refractivity contribution is 5.94. The van der Waals surface area contributed by atoms with E-state index in [2.05, 4.69) is 4.98 Å². The maximum absolute atomic E-state index is 9.11. The van der Waals surface area contributed by atoms with Gasteiger partial charge in [-0.1, -0.05) is 6.92 Å². The molecule has 1 aromatic rings. The van der Waals surface area contributed by atoms with E-state index >= 15 is 0 Å². The Balaban J connectivity index is 2.24. The summed E-state index contributed by atoms with van der Waals surface area (Å²) in [5.74, 6) is 0.496. The number of rotatable bonds is 3. The van der Waals surface area contributed by atoms with Crippen LogP contribution in [0.4, 0.5) is 5.82 Å². The summed E-state index contributed by atoms with van der Waals surface area (Å²) in [6, 6.07) is 0. The lowest BCUT2D eigenvalue weighted by molar-refractivity contribution is -0.0301. The smallest absolute Gasteiger partial charge is 0.236 e. The number of hydrogen-bond acceptors (Lipinski definition) is 6. The Kier molecular flexibility index (Phi) is 3.53. The number of aliphatic hydroxyl groups is 1. The van der Waals surface area contributed by atoms with Gasteiger partial charge in [0, 0.05) is 5.92 Å². The average molecular weight is 254 g/mol. The lowest BCUT2D eigenvalue weighted by Crippen LogP contribution is -2.17. The molecule has 7 nitrogen and oxygen atoms in total. The molecule has 18 heavy (non-hydrogen) atoms. The highest BCUT2D eigenvalue weighted by atomic mass is 16.5. The molecular formula is C11H18N4O3. The summed E-state index contributed by atoms with van der Waals surface area (Å²) < 4.78 is 12.2. The summed E-state index contributed by atoms with van der Waals surface area (Å²) in [6.45, 7) is 2.03. The second-order valence-corrected chi connectivity index (χ2v) is 4.46. The summed E-state index contributed by atoms with van der Waals surface area (Å²) >= 11 is 0. The van der Waals surface area contributed by atoms with E-state index in [0.29, 0.717) is 11.5 Å². The normalized spacial score (nSPS) is 27.4. The fraction of sp³-hybridized carbons (Fsp3) is 0.636. The first kappa shape index (κ1) is 12.8. The van der Waals surface area contributed by atoms with Crippen molar-refractivity contribution in [2.75, 3.05) is 19.5 Å². The molecule has 0 amide bonds. The predicted molar refractivity (Wildman–Crippen MR) is 65.3 cm³/mol. The van der Waals surface area contributed by atoms with Crippen molar-refractivity contribution in [2.24, 2.45) is 5.92 Å². The molecular weight excluding hydrogens is 236 g/mol. The van der Waals surface area contributed by atoms with E-state index in [-0.39, 0.29) is 30.8 Å². The van der Waals surface area contributed by atoms with Gasteiger partial charge in [0.25, 0.3) is 0 Å². The number of imidazole rings is 1. The van der Waals surface area contributed by atoms with Gasteiger partial charge in [0.1, 0.15) is 12.0 Å². The lowest BCUT2D eigenvalue weighted by Gasteiger charge is -2.18. The first-order valence-electron chi connectivity index (χ1n) is 5.80. The minimum absolute atomic E-state index is 0.00378. The Morgan fingerprint density at radius 1 is 1.78 bits per heavy atom. The van der Waals surface area contributed by atoms with Crippen molar-refractivity contribution in [3.8, 4) is 0 Å². The summed E-state index contributed by atoms with van der Waals surface area (Å²) in [7, 11) is 1.40. The molecule has 7 heteroatoms. The van der Waals surface area contributed by atoms with Crippen molar-refractivity contribution < 1.29 is 14.6 Å². The van der Waals surface area contributed by atoms with Crippen molar-refractivity contribution >= 4 is 11.7 Å². The third-order valence-electron chi connectivity index (χ3n) is 3.18. The van der Waals surface area contributed by atoms with Gasteiger partial charge < -0.3 is 20.3 Å². The lowest BCUT2D eigenvalue weighted by atomic mass is 10.1. The van der Waals surface area contributed by atoms with Crippen molar-refractivity contribution in [3.63, 3.8) is 0 Å². The van der Waals surface area contributed by atoms with Gasteiger partial charge in [-0.25, -0.2) is 4.98 Å². The van der Waals surface area contributed by atoms with E-state index in [1.807, 2.05) is 6.92 Å². The maximum Gasteiger partial charge on any atom is 0.236 e. The van der Waals surface area contributed by atoms with Gasteiger partial charge in [-0.2, -0.15) is 0 Å². The zero-order valence-electron chi connectivity index (χ0n) is 10.5. The van der Waals surface area contributed by atoms with Crippen LogP contribution in [0.2, 0.25) is 0 Å². The molecule has 0 saturated carbocycles. The number of ether oxygens (including phenoxy) is 2. The van der Waals surface area contributed by atoms with Crippen LogP contribution in [0.5, 0.6) is 0 Å². The van der Waals surface area contributed by atoms with Crippen molar-refractivity contribution in [2.45, 2.75) is 25.7 Å². The second kappa shape index (κ2) is 4.95. The zero-order chi connectivity index (χ0) is 13.3. The zero-order valence-corrected chi connectivity index (χ0v) is 10.5. The molecule has 1 aliphatic heterocycles. The molecule has 0 radical (unpaired) electrons. The summed E-state index contributed by atoms with van der Waals surface area (Å²) in [5, 5.41) is 16.7. The van der Waals surface area contributed by atoms with Gasteiger partial charge in [0.05, 0.1) is 26.1 Å². The molecule has 1 saturated heterocycles. The average Bonchev–Trinajstić information content (AvgIpc) is 2.91. The maximum atomic E-state index is 9.11. The topological polar surface area (TPSA) is 106 Å². The highest BCUT2D eigenvalue weighted by Gasteiger charge is 2.34. The molecule has 100 valence electrons. The quantitative estimate of drug-likeness (QED) is 0.533. The number of nitrogens with zero attached hydrogens (tertiary/aromatic N) is 2. The van der Waals surface area contributed by atoms with Crippen LogP contribution in [0.15, 0.2) is 6.33 Å². The number of hydrogen-bond donors (Lipinski definition) is 3. The number of nitrogens with two attached hydrogens (primary N) is 1. The summed E-state index contributed by atoms with van der Waals surface area (Å²) in [4.78, 5) is 4.06. The molecule has 0 aromatic carbocycles. The van der Waals surface area contributed by atoms with E-state index in [1.54, 1.807) is 10.9 Å². The number of anilines is 1. The molecule has 0 spiro atoms. The van der Waals surface area contributed by atoms with Crippen molar-refractivity contribution in [1.29, 1.82) is 5.41 Å². The third kappa shape index (κ3) is 2.06. The Hall–Kier alpha value is -1.60. The Morgan fingerprint density at radius 3 is 3.06 bits per heavy atom. The summed E-state index contributed by atoms with van der Waals surface area (Å²) in [5.41, 5.74) is 6.25. The molecule has 1 aliphatic rings. The van der Waals surface area contributed by atoms with Crippen LogP contribution < -0.4 is 5.73 Å². The first-order chi connectivity index (χ1) is 8.58. The largest absolute Gasteiger partial charge is 0.480 e. The van der Waals surface area contributed by atoms with Crippen LogP contribution in [-0.4, -0.2) is 40.4 Å².